The van der Waals surface area contributed by atoms with Gasteiger partial charge in [0.1, 0.15) is 0 Å². The Kier molecular flexibility index (Phi) is 4.04. The van der Waals surface area contributed by atoms with Crippen molar-refractivity contribution in [1.29, 1.82) is 0 Å². The van der Waals surface area contributed by atoms with E-state index in [1.165, 1.54) is 0 Å². The van der Waals surface area contributed by atoms with Crippen molar-refractivity contribution in [3.63, 3.8) is 0 Å². The van der Waals surface area contributed by atoms with Gasteiger partial charge in [-0.3, -0.25) is 0 Å². The van der Waals surface area contributed by atoms with Gasteiger partial charge in [-0.15, -0.1) is 0 Å². The molecule has 4 heteroatoms. The SMILES string of the molecule is CCNc1cc(COC)nc2c(C)ccc(Cl)c12. The Hall–Kier alpha value is -1.32. The lowest BCUT2D eigenvalue weighted by atomic mass is 10.1. The highest BCUT2D eigenvalue weighted by atomic mass is 35.5. The first-order valence-electron chi connectivity index (χ1n) is 5.99. The minimum atomic E-state index is 0.500. The molecule has 18 heavy (non-hydrogen) atoms. The van der Waals surface area contributed by atoms with E-state index in [4.69, 9.17) is 16.3 Å². The van der Waals surface area contributed by atoms with Gasteiger partial charge in [0.2, 0.25) is 0 Å². The fourth-order valence-corrected chi connectivity index (χ4v) is 2.29. The Bertz CT molecular complexity index is 569. The Morgan fingerprint density at radius 1 is 1.39 bits per heavy atom. The number of hydrogen-bond acceptors (Lipinski definition) is 3. The van der Waals surface area contributed by atoms with E-state index in [2.05, 4.69) is 17.2 Å². The summed E-state index contributed by atoms with van der Waals surface area (Å²) in [5.74, 6) is 0. The molecular weight excluding hydrogens is 248 g/mol. The van der Waals surface area contributed by atoms with Crippen LogP contribution < -0.4 is 5.32 Å². The van der Waals surface area contributed by atoms with Crippen LogP contribution in [-0.2, 0) is 11.3 Å². The Morgan fingerprint density at radius 2 is 2.17 bits per heavy atom. The zero-order valence-electron chi connectivity index (χ0n) is 10.9. The third kappa shape index (κ3) is 2.42. The number of fused-ring (bicyclic) bond motifs is 1. The molecule has 0 aliphatic carbocycles. The number of rotatable bonds is 4. The number of pyridine rings is 1. The molecular formula is C14H17ClN2O. The van der Waals surface area contributed by atoms with Gasteiger partial charge in [-0.1, -0.05) is 17.7 Å². The van der Waals surface area contributed by atoms with Crippen LogP contribution in [0.15, 0.2) is 18.2 Å². The molecule has 1 aromatic heterocycles. The van der Waals surface area contributed by atoms with Gasteiger partial charge in [-0.2, -0.15) is 0 Å². The van der Waals surface area contributed by atoms with Gasteiger partial charge >= 0.3 is 0 Å². The summed E-state index contributed by atoms with van der Waals surface area (Å²) in [6.45, 7) is 5.44. The zero-order valence-corrected chi connectivity index (χ0v) is 11.6. The van der Waals surface area contributed by atoms with E-state index >= 15 is 0 Å². The number of nitrogens with one attached hydrogen (secondary N) is 1. The van der Waals surface area contributed by atoms with Crippen LogP contribution in [0.5, 0.6) is 0 Å². The highest BCUT2D eigenvalue weighted by Crippen LogP contribution is 2.32. The lowest BCUT2D eigenvalue weighted by molar-refractivity contribution is 0.182. The molecule has 1 N–H and O–H groups in total. The molecule has 0 saturated carbocycles. The third-order valence-corrected chi connectivity index (χ3v) is 3.14. The van der Waals surface area contributed by atoms with Crippen molar-refractivity contribution in [3.8, 4) is 0 Å². The van der Waals surface area contributed by atoms with Crippen LogP contribution in [0.25, 0.3) is 10.9 Å². The third-order valence-electron chi connectivity index (χ3n) is 2.82. The van der Waals surface area contributed by atoms with Crippen LogP contribution in [0.3, 0.4) is 0 Å². The van der Waals surface area contributed by atoms with Crippen molar-refractivity contribution in [1.82, 2.24) is 4.98 Å². The molecule has 2 rings (SSSR count). The summed E-state index contributed by atoms with van der Waals surface area (Å²) in [7, 11) is 1.67. The molecule has 1 aromatic carbocycles. The molecule has 0 aliphatic heterocycles. The number of methoxy groups -OCH3 is 1. The van der Waals surface area contributed by atoms with Crippen molar-refractivity contribution in [3.05, 3.63) is 34.5 Å². The van der Waals surface area contributed by atoms with Crippen LogP contribution in [0.1, 0.15) is 18.2 Å². The number of hydrogen-bond donors (Lipinski definition) is 1. The number of aryl methyl sites for hydroxylation is 1. The minimum Gasteiger partial charge on any atom is -0.385 e. The fraction of sp³-hybridized carbons (Fsp3) is 0.357. The second-order valence-corrected chi connectivity index (χ2v) is 4.62. The minimum absolute atomic E-state index is 0.500. The quantitative estimate of drug-likeness (QED) is 0.913. The summed E-state index contributed by atoms with van der Waals surface area (Å²) in [6, 6.07) is 5.91. The van der Waals surface area contributed by atoms with E-state index in [0.29, 0.717) is 6.61 Å². The van der Waals surface area contributed by atoms with Crippen molar-refractivity contribution >= 4 is 28.2 Å². The first kappa shape index (κ1) is 13.1. The molecule has 0 bridgehead atoms. The Labute approximate surface area is 112 Å². The topological polar surface area (TPSA) is 34.1 Å². The van der Waals surface area contributed by atoms with Crippen LogP contribution >= 0.6 is 11.6 Å². The summed E-state index contributed by atoms with van der Waals surface area (Å²) >= 11 is 6.29. The molecule has 1 heterocycles. The first-order valence-corrected chi connectivity index (χ1v) is 6.36. The first-order chi connectivity index (χ1) is 8.67. The van der Waals surface area contributed by atoms with E-state index in [1.54, 1.807) is 7.11 Å². The van der Waals surface area contributed by atoms with Crippen LogP contribution in [0.4, 0.5) is 5.69 Å². The fourth-order valence-electron chi connectivity index (χ4n) is 2.04. The van der Waals surface area contributed by atoms with E-state index in [0.717, 1.165) is 39.4 Å². The zero-order chi connectivity index (χ0) is 13.1. The number of aromatic nitrogens is 1. The van der Waals surface area contributed by atoms with Gasteiger partial charge in [0.15, 0.2) is 0 Å². The molecule has 0 spiro atoms. The van der Waals surface area contributed by atoms with Crippen LogP contribution in [0, 0.1) is 6.92 Å². The lowest BCUT2D eigenvalue weighted by Gasteiger charge is -2.13. The predicted molar refractivity (Wildman–Crippen MR) is 76.4 cm³/mol. The van der Waals surface area contributed by atoms with Crippen molar-refractivity contribution < 1.29 is 4.74 Å². The van der Waals surface area contributed by atoms with Crippen LogP contribution in [0.2, 0.25) is 5.02 Å². The maximum Gasteiger partial charge on any atom is 0.0885 e. The Balaban J connectivity index is 2.72. The highest BCUT2D eigenvalue weighted by Gasteiger charge is 2.10. The number of halogens is 1. The van der Waals surface area contributed by atoms with Gasteiger partial charge in [0.05, 0.1) is 22.8 Å². The summed E-state index contributed by atoms with van der Waals surface area (Å²) in [5, 5.41) is 5.05. The lowest BCUT2D eigenvalue weighted by Crippen LogP contribution is -2.02. The van der Waals surface area contributed by atoms with Gasteiger partial charge in [0.25, 0.3) is 0 Å². The molecule has 96 valence electrons. The molecule has 0 radical (unpaired) electrons. The number of nitrogens with zero attached hydrogens (tertiary/aromatic N) is 1. The number of benzene rings is 1. The summed E-state index contributed by atoms with van der Waals surface area (Å²) in [6.07, 6.45) is 0. The van der Waals surface area contributed by atoms with E-state index < -0.39 is 0 Å². The van der Waals surface area contributed by atoms with E-state index in [9.17, 15) is 0 Å². The monoisotopic (exact) mass is 264 g/mol. The summed E-state index contributed by atoms with van der Waals surface area (Å²) in [5.41, 5.74) is 3.98. The predicted octanol–water partition coefficient (Wildman–Crippen LogP) is 3.77. The molecule has 0 amide bonds. The number of ether oxygens (including phenoxy) is 1. The molecule has 0 fully saturated rings. The maximum absolute atomic E-state index is 6.29. The molecule has 0 aliphatic rings. The molecule has 2 aromatic rings. The van der Waals surface area contributed by atoms with Crippen LogP contribution in [-0.4, -0.2) is 18.6 Å². The Morgan fingerprint density at radius 3 is 2.83 bits per heavy atom. The maximum atomic E-state index is 6.29. The van der Waals surface area contributed by atoms with Crippen molar-refractivity contribution in [2.24, 2.45) is 0 Å². The van der Waals surface area contributed by atoms with Gasteiger partial charge in [-0.05, 0) is 31.5 Å². The summed E-state index contributed by atoms with van der Waals surface area (Å²) < 4.78 is 5.16. The standard InChI is InChI=1S/C14H17ClN2O/c1-4-16-12-7-10(8-18-3)17-14-9(2)5-6-11(15)13(12)14/h5-7H,4,8H2,1-3H3,(H,16,17). The van der Waals surface area contributed by atoms with Gasteiger partial charge < -0.3 is 10.1 Å². The second kappa shape index (κ2) is 5.55. The largest absolute Gasteiger partial charge is 0.385 e. The highest BCUT2D eigenvalue weighted by molar-refractivity contribution is 6.36. The van der Waals surface area contributed by atoms with Gasteiger partial charge in [0, 0.05) is 24.7 Å². The van der Waals surface area contributed by atoms with Crippen molar-refractivity contribution in [2.75, 3.05) is 19.0 Å². The average Bonchev–Trinajstić information content (AvgIpc) is 2.34. The molecule has 3 nitrogen and oxygen atoms in total. The van der Waals surface area contributed by atoms with E-state index in [-0.39, 0.29) is 0 Å². The van der Waals surface area contributed by atoms with Gasteiger partial charge in [-0.25, -0.2) is 4.98 Å². The van der Waals surface area contributed by atoms with Crippen molar-refractivity contribution in [2.45, 2.75) is 20.5 Å². The average molecular weight is 265 g/mol. The van der Waals surface area contributed by atoms with E-state index in [1.807, 2.05) is 25.1 Å². The summed E-state index contributed by atoms with van der Waals surface area (Å²) in [4.78, 5) is 4.62. The smallest absolute Gasteiger partial charge is 0.0885 e. The molecule has 0 unspecified atom stereocenters. The number of anilines is 1. The molecule has 0 saturated heterocycles. The normalized spacial score (nSPS) is 10.9. The molecule has 0 atom stereocenters. The second-order valence-electron chi connectivity index (χ2n) is 4.21.